The molecule has 0 aliphatic rings. The largest absolute Gasteiger partial charge is 0.321 e. The zero-order chi connectivity index (χ0) is 6.27. The van der Waals surface area contributed by atoms with E-state index in [4.69, 9.17) is 5.84 Å². The first-order chi connectivity index (χ1) is 4.38. The molecule has 0 aliphatic carbocycles. The van der Waals surface area contributed by atoms with E-state index in [2.05, 4.69) is 10.1 Å². The molecule has 0 radical (unpaired) electrons. The van der Waals surface area contributed by atoms with Gasteiger partial charge in [-0.2, -0.15) is 4.79 Å². The monoisotopic (exact) mass is 123 g/mol. The Labute approximate surface area is 50.7 Å². The van der Waals surface area contributed by atoms with Crippen LogP contribution in [0, 0.1) is 0 Å². The molecule has 5 heteroatoms. The number of nitrogens with zero attached hydrogens (tertiary/aromatic N) is 4. The Bertz CT molecular complexity index is 318. The van der Waals surface area contributed by atoms with Gasteiger partial charge < -0.3 is 5.84 Å². The summed E-state index contributed by atoms with van der Waals surface area (Å²) in [5.74, 6) is 5.37. The van der Waals surface area contributed by atoms with E-state index in [1.165, 1.54) is 4.79 Å². The Balaban J connectivity index is 2.99. The van der Waals surface area contributed by atoms with Crippen molar-refractivity contribution in [2.45, 2.75) is 0 Å². The molecule has 0 amide bonds. The Morgan fingerprint density at radius 3 is 3.11 bits per heavy atom. The summed E-state index contributed by atoms with van der Waals surface area (Å²) in [6.45, 7) is 0. The second-order valence-electron chi connectivity index (χ2n) is 1.73. The highest BCUT2D eigenvalue weighted by Crippen LogP contribution is 1.94. The molecule has 0 saturated heterocycles. The number of nitrogens with two attached hydrogens (primary N) is 1. The van der Waals surface area contributed by atoms with Crippen LogP contribution in [0.4, 0.5) is 0 Å². The van der Waals surface area contributed by atoms with Crippen molar-refractivity contribution in [1.29, 1.82) is 0 Å². The SMILES string of the molecule is Nn1ncn2cncc12. The smallest absolute Gasteiger partial charge is 0.177 e. The van der Waals surface area contributed by atoms with Gasteiger partial charge in [0.25, 0.3) is 0 Å². The number of hydrogen-bond donors (Lipinski definition) is 1. The number of fused-ring (bicyclic) bond motifs is 1. The maximum absolute atomic E-state index is 5.37. The van der Waals surface area contributed by atoms with Crippen LogP contribution in [-0.4, -0.2) is 19.3 Å². The van der Waals surface area contributed by atoms with Crippen LogP contribution >= 0.6 is 0 Å². The van der Waals surface area contributed by atoms with Gasteiger partial charge in [0.15, 0.2) is 5.65 Å². The summed E-state index contributed by atoms with van der Waals surface area (Å²) in [6.07, 6.45) is 4.89. The molecule has 0 saturated carbocycles. The first-order valence-electron chi connectivity index (χ1n) is 2.49. The van der Waals surface area contributed by atoms with E-state index in [9.17, 15) is 0 Å². The first kappa shape index (κ1) is 4.37. The molecule has 9 heavy (non-hydrogen) atoms. The molecule has 5 nitrogen and oxygen atoms in total. The molecule has 2 rings (SSSR count). The van der Waals surface area contributed by atoms with Crippen molar-refractivity contribution in [3.63, 3.8) is 0 Å². The highest BCUT2D eigenvalue weighted by molar-refractivity contribution is 5.34. The predicted octanol–water partition coefficient (Wildman–Crippen LogP) is -0.755. The van der Waals surface area contributed by atoms with Gasteiger partial charge >= 0.3 is 0 Å². The average molecular weight is 123 g/mol. The van der Waals surface area contributed by atoms with Gasteiger partial charge in [-0.3, -0.25) is 4.40 Å². The molecule has 0 spiro atoms. The number of nitrogen functional groups attached to an aromatic ring is 1. The molecular formula is C4H5N5. The Morgan fingerprint density at radius 2 is 2.33 bits per heavy atom. The molecule has 2 N–H and O–H groups in total. The van der Waals surface area contributed by atoms with Gasteiger partial charge in [0.2, 0.25) is 0 Å². The van der Waals surface area contributed by atoms with Crippen molar-refractivity contribution >= 4 is 5.65 Å². The van der Waals surface area contributed by atoms with Crippen molar-refractivity contribution in [2.24, 2.45) is 0 Å². The van der Waals surface area contributed by atoms with Gasteiger partial charge in [-0.15, -0.1) is 5.10 Å². The molecule has 46 valence electrons. The summed E-state index contributed by atoms with van der Waals surface area (Å²) in [5.41, 5.74) is 0.787. The molecule has 2 aromatic heterocycles. The predicted molar refractivity (Wildman–Crippen MR) is 31.1 cm³/mol. The molecule has 0 aliphatic heterocycles. The molecule has 2 heterocycles. The van der Waals surface area contributed by atoms with Crippen LogP contribution in [0.2, 0.25) is 0 Å². The van der Waals surface area contributed by atoms with E-state index >= 15 is 0 Å². The molecule has 2 aromatic rings. The van der Waals surface area contributed by atoms with E-state index in [1.807, 2.05) is 0 Å². The Kier molecular flexibility index (Phi) is 0.606. The van der Waals surface area contributed by atoms with Gasteiger partial charge in [-0.25, -0.2) is 4.98 Å². The van der Waals surface area contributed by atoms with Gasteiger partial charge in [-0.1, -0.05) is 0 Å². The third-order valence-electron chi connectivity index (χ3n) is 1.18. The highest BCUT2D eigenvalue weighted by Gasteiger charge is 1.95. The minimum atomic E-state index is 0.787. The quantitative estimate of drug-likeness (QED) is 0.468. The van der Waals surface area contributed by atoms with Crippen molar-refractivity contribution in [3.8, 4) is 0 Å². The fourth-order valence-electron chi connectivity index (χ4n) is 0.734. The van der Waals surface area contributed by atoms with Crippen LogP contribution in [0.3, 0.4) is 0 Å². The Hall–Kier alpha value is -1.52. The maximum Gasteiger partial charge on any atom is 0.177 e. The van der Waals surface area contributed by atoms with E-state index in [0.29, 0.717) is 0 Å². The lowest BCUT2D eigenvalue weighted by molar-refractivity contribution is 0.861. The lowest BCUT2D eigenvalue weighted by Crippen LogP contribution is -2.08. The maximum atomic E-state index is 5.37. The van der Waals surface area contributed by atoms with E-state index in [-0.39, 0.29) is 0 Å². The minimum absolute atomic E-state index is 0.787. The second-order valence-corrected chi connectivity index (χ2v) is 1.73. The van der Waals surface area contributed by atoms with Crippen LogP contribution in [0.15, 0.2) is 18.9 Å². The van der Waals surface area contributed by atoms with Gasteiger partial charge in [0.05, 0.1) is 6.20 Å². The average Bonchev–Trinajstić information content (AvgIpc) is 2.35. The zero-order valence-corrected chi connectivity index (χ0v) is 4.60. The molecule has 0 aromatic carbocycles. The molecule has 0 fully saturated rings. The normalized spacial score (nSPS) is 10.7. The third kappa shape index (κ3) is 0.426. The fourth-order valence-corrected chi connectivity index (χ4v) is 0.734. The van der Waals surface area contributed by atoms with E-state index < -0.39 is 0 Å². The van der Waals surface area contributed by atoms with Gasteiger partial charge in [0, 0.05) is 0 Å². The van der Waals surface area contributed by atoms with Crippen LogP contribution in [-0.2, 0) is 0 Å². The lowest BCUT2D eigenvalue weighted by atomic mass is 10.8. The summed E-state index contributed by atoms with van der Waals surface area (Å²) in [6, 6.07) is 0. The summed E-state index contributed by atoms with van der Waals surface area (Å²) < 4.78 is 1.74. The van der Waals surface area contributed by atoms with E-state index in [0.717, 1.165) is 5.65 Å². The van der Waals surface area contributed by atoms with Crippen LogP contribution in [0.25, 0.3) is 5.65 Å². The molecule has 0 unspecified atom stereocenters. The third-order valence-corrected chi connectivity index (χ3v) is 1.18. The second kappa shape index (κ2) is 1.25. The number of imidazole rings is 1. The summed E-state index contributed by atoms with van der Waals surface area (Å²) in [5, 5.41) is 3.77. The van der Waals surface area contributed by atoms with Gasteiger partial charge in [-0.05, 0) is 0 Å². The van der Waals surface area contributed by atoms with Crippen molar-refractivity contribution < 1.29 is 0 Å². The van der Waals surface area contributed by atoms with Crippen molar-refractivity contribution in [1.82, 2.24) is 19.3 Å². The van der Waals surface area contributed by atoms with Crippen LogP contribution < -0.4 is 5.84 Å². The molecule has 0 bridgehead atoms. The standard InChI is InChI=1S/C4H5N5/c5-9-4-1-6-2-8(4)3-7-9/h1-3H,5H2. The number of rotatable bonds is 0. The van der Waals surface area contributed by atoms with Crippen LogP contribution in [0.1, 0.15) is 0 Å². The highest BCUT2D eigenvalue weighted by atomic mass is 15.5. The Morgan fingerprint density at radius 1 is 1.44 bits per heavy atom. The minimum Gasteiger partial charge on any atom is -0.321 e. The number of aromatic nitrogens is 4. The zero-order valence-electron chi connectivity index (χ0n) is 4.60. The first-order valence-corrected chi connectivity index (χ1v) is 2.49. The summed E-state index contributed by atoms with van der Waals surface area (Å²) in [4.78, 5) is 5.12. The van der Waals surface area contributed by atoms with E-state index in [1.54, 1.807) is 23.3 Å². The van der Waals surface area contributed by atoms with Crippen molar-refractivity contribution in [2.75, 3.05) is 5.84 Å². The molecular weight excluding hydrogens is 118 g/mol. The molecule has 0 atom stereocenters. The number of hydrogen-bond acceptors (Lipinski definition) is 3. The summed E-state index contributed by atoms with van der Waals surface area (Å²) in [7, 11) is 0. The topological polar surface area (TPSA) is 61.1 Å². The lowest BCUT2D eigenvalue weighted by Gasteiger charge is -1.83. The van der Waals surface area contributed by atoms with Gasteiger partial charge in [0.1, 0.15) is 12.7 Å². The fraction of sp³-hybridized carbons (Fsp3) is 0. The van der Waals surface area contributed by atoms with Crippen LogP contribution in [0.5, 0.6) is 0 Å². The van der Waals surface area contributed by atoms with Crippen molar-refractivity contribution in [3.05, 3.63) is 18.9 Å². The summed E-state index contributed by atoms with van der Waals surface area (Å²) >= 11 is 0.